The van der Waals surface area contributed by atoms with Crippen molar-refractivity contribution < 1.29 is 17.6 Å². The second-order valence-electron chi connectivity index (χ2n) is 7.65. The highest BCUT2D eigenvalue weighted by molar-refractivity contribution is 7.92. The lowest BCUT2D eigenvalue weighted by Crippen LogP contribution is -2.30. The van der Waals surface area contributed by atoms with Gasteiger partial charge < -0.3 is 4.42 Å². The minimum atomic E-state index is -3.77. The molecule has 0 saturated heterocycles. The molecule has 4 aromatic rings. The first-order valence-electron chi connectivity index (χ1n) is 10.7. The number of para-hydroxylation sites is 1. The first-order chi connectivity index (χ1) is 16.4. The van der Waals surface area contributed by atoms with Crippen LogP contribution < -0.4 is 9.62 Å². The van der Waals surface area contributed by atoms with E-state index in [0.29, 0.717) is 18.0 Å². The van der Waals surface area contributed by atoms with Gasteiger partial charge in [-0.2, -0.15) is 0 Å². The van der Waals surface area contributed by atoms with E-state index >= 15 is 0 Å². The predicted molar refractivity (Wildman–Crippen MR) is 129 cm³/mol. The number of benzene rings is 3. The zero-order valence-electron chi connectivity index (χ0n) is 18.8. The molecule has 0 fully saturated rings. The third kappa shape index (κ3) is 5.15. The zero-order valence-corrected chi connectivity index (χ0v) is 19.6. The molecule has 1 amide bonds. The van der Waals surface area contributed by atoms with Crippen LogP contribution in [-0.4, -0.2) is 31.1 Å². The van der Waals surface area contributed by atoms with Gasteiger partial charge in [-0.25, -0.2) is 8.42 Å². The van der Waals surface area contributed by atoms with E-state index in [1.165, 1.54) is 28.6 Å². The summed E-state index contributed by atoms with van der Waals surface area (Å²) in [6, 6.07) is 22.5. The zero-order chi connectivity index (χ0) is 24.1. The van der Waals surface area contributed by atoms with Gasteiger partial charge >= 0.3 is 6.01 Å². The van der Waals surface area contributed by atoms with Gasteiger partial charge in [0.2, 0.25) is 5.89 Å². The number of hydrogen-bond donors (Lipinski definition) is 1. The fourth-order valence-corrected chi connectivity index (χ4v) is 4.89. The molecule has 0 spiro atoms. The average molecular weight is 477 g/mol. The Morgan fingerprint density at radius 1 is 0.941 bits per heavy atom. The predicted octanol–water partition coefficient (Wildman–Crippen LogP) is 4.44. The van der Waals surface area contributed by atoms with Gasteiger partial charge in [-0.1, -0.05) is 53.1 Å². The number of aromatic nitrogens is 2. The highest BCUT2D eigenvalue weighted by Crippen LogP contribution is 2.23. The third-order valence-electron chi connectivity index (χ3n) is 5.20. The van der Waals surface area contributed by atoms with Gasteiger partial charge in [0.05, 0.1) is 17.0 Å². The Bertz CT molecular complexity index is 1370. The molecule has 0 saturated carbocycles. The van der Waals surface area contributed by atoms with Gasteiger partial charge in [-0.3, -0.25) is 14.4 Å². The van der Waals surface area contributed by atoms with Crippen molar-refractivity contribution in [2.75, 3.05) is 16.2 Å². The van der Waals surface area contributed by atoms with Gasteiger partial charge in [0.15, 0.2) is 0 Å². The van der Waals surface area contributed by atoms with Crippen molar-refractivity contribution >= 4 is 27.6 Å². The summed E-state index contributed by atoms with van der Waals surface area (Å²) in [5.41, 5.74) is 3.01. The van der Waals surface area contributed by atoms with E-state index in [-0.39, 0.29) is 23.0 Å². The molecule has 34 heavy (non-hydrogen) atoms. The summed E-state index contributed by atoms with van der Waals surface area (Å²) in [7, 11) is -3.77. The highest BCUT2D eigenvalue weighted by Gasteiger charge is 2.24. The molecule has 174 valence electrons. The fourth-order valence-electron chi connectivity index (χ4n) is 3.42. The van der Waals surface area contributed by atoms with Crippen molar-refractivity contribution in [2.24, 2.45) is 0 Å². The summed E-state index contributed by atoms with van der Waals surface area (Å²) in [5, 5.41) is 10.4. The van der Waals surface area contributed by atoms with E-state index in [1.54, 1.807) is 31.2 Å². The molecule has 1 N–H and O–H groups in total. The van der Waals surface area contributed by atoms with Crippen molar-refractivity contribution in [2.45, 2.75) is 25.2 Å². The van der Waals surface area contributed by atoms with Crippen LogP contribution in [0.2, 0.25) is 0 Å². The van der Waals surface area contributed by atoms with E-state index in [9.17, 15) is 13.2 Å². The first kappa shape index (κ1) is 23.2. The molecule has 0 bridgehead atoms. The summed E-state index contributed by atoms with van der Waals surface area (Å²) in [5.74, 6) is -0.106. The Kier molecular flexibility index (Phi) is 6.74. The SMILES string of the molecule is CCN(c1ccccc1)S(=O)(=O)c1ccc(C(=O)Nc2nnc(Cc3ccc(C)cc3)o2)cc1. The molecule has 1 aromatic heterocycles. The van der Waals surface area contributed by atoms with Crippen LogP contribution in [0.1, 0.15) is 34.3 Å². The minimum Gasteiger partial charge on any atom is -0.407 e. The lowest BCUT2D eigenvalue weighted by Gasteiger charge is -2.22. The normalized spacial score (nSPS) is 11.2. The maximum atomic E-state index is 13.1. The van der Waals surface area contributed by atoms with Crippen LogP contribution in [0, 0.1) is 6.92 Å². The molecule has 0 radical (unpaired) electrons. The minimum absolute atomic E-state index is 0.0231. The second kappa shape index (κ2) is 9.88. The molecule has 1 heterocycles. The Morgan fingerprint density at radius 2 is 1.62 bits per heavy atom. The average Bonchev–Trinajstić information content (AvgIpc) is 3.28. The molecule has 0 unspecified atom stereocenters. The molecule has 9 heteroatoms. The van der Waals surface area contributed by atoms with Crippen LogP contribution in [0.5, 0.6) is 0 Å². The lowest BCUT2D eigenvalue weighted by atomic mass is 10.1. The van der Waals surface area contributed by atoms with E-state index in [0.717, 1.165) is 11.1 Å². The Balaban J connectivity index is 1.44. The summed E-state index contributed by atoms with van der Waals surface area (Å²) in [6.45, 7) is 4.05. The topological polar surface area (TPSA) is 105 Å². The van der Waals surface area contributed by atoms with Gasteiger partial charge in [-0.05, 0) is 55.8 Å². The number of nitrogens with zero attached hydrogens (tertiary/aromatic N) is 3. The number of amides is 1. The number of aryl methyl sites for hydroxylation is 1. The van der Waals surface area contributed by atoms with Gasteiger partial charge in [0.1, 0.15) is 0 Å². The van der Waals surface area contributed by atoms with Crippen LogP contribution in [0.3, 0.4) is 0 Å². The molecular weight excluding hydrogens is 452 g/mol. The Morgan fingerprint density at radius 3 is 2.26 bits per heavy atom. The molecule has 0 aliphatic carbocycles. The quantitative estimate of drug-likeness (QED) is 0.403. The number of nitrogens with one attached hydrogen (secondary N) is 1. The smallest absolute Gasteiger partial charge is 0.322 e. The standard InChI is InChI=1S/C25H24N4O4S/c1-3-29(21-7-5-4-6-8-21)34(31,32)22-15-13-20(14-16-22)24(30)26-25-28-27-23(33-25)17-19-11-9-18(2)10-12-19/h4-16H,3,17H2,1-2H3,(H,26,28,30). The van der Waals surface area contributed by atoms with E-state index in [2.05, 4.69) is 15.5 Å². The summed E-state index contributed by atoms with van der Waals surface area (Å²) in [6.07, 6.45) is 0.449. The summed E-state index contributed by atoms with van der Waals surface area (Å²) < 4.78 is 33.0. The number of rotatable bonds is 8. The van der Waals surface area contributed by atoms with Crippen molar-refractivity contribution in [1.29, 1.82) is 0 Å². The van der Waals surface area contributed by atoms with Crippen molar-refractivity contribution in [3.8, 4) is 0 Å². The number of carbonyl (C=O) groups is 1. The monoisotopic (exact) mass is 476 g/mol. The molecule has 0 aliphatic heterocycles. The molecular formula is C25H24N4O4S. The fraction of sp³-hybridized carbons (Fsp3) is 0.160. The van der Waals surface area contributed by atoms with Gasteiger partial charge in [-0.15, -0.1) is 5.10 Å². The second-order valence-corrected chi connectivity index (χ2v) is 9.51. The summed E-state index contributed by atoms with van der Waals surface area (Å²) >= 11 is 0. The van der Waals surface area contributed by atoms with Crippen molar-refractivity contribution in [3.05, 3.63) is 101 Å². The lowest BCUT2D eigenvalue weighted by molar-refractivity contribution is 0.102. The maximum absolute atomic E-state index is 13.1. The molecule has 4 rings (SSSR count). The van der Waals surface area contributed by atoms with E-state index in [4.69, 9.17) is 4.42 Å². The van der Waals surface area contributed by atoms with Crippen LogP contribution in [0.25, 0.3) is 0 Å². The van der Waals surface area contributed by atoms with Crippen LogP contribution in [0.4, 0.5) is 11.7 Å². The Hall–Kier alpha value is -3.98. The van der Waals surface area contributed by atoms with Crippen molar-refractivity contribution in [3.63, 3.8) is 0 Å². The van der Waals surface area contributed by atoms with E-state index in [1.807, 2.05) is 37.3 Å². The van der Waals surface area contributed by atoms with Crippen LogP contribution >= 0.6 is 0 Å². The first-order valence-corrected chi connectivity index (χ1v) is 12.2. The molecule has 0 aliphatic rings. The molecule has 8 nitrogen and oxygen atoms in total. The number of carbonyl (C=O) groups excluding carboxylic acids is 1. The number of hydrogen-bond acceptors (Lipinski definition) is 6. The van der Waals surface area contributed by atoms with E-state index < -0.39 is 15.9 Å². The molecule has 3 aromatic carbocycles. The number of anilines is 2. The number of sulfonamides is 1. The van der Waals surface area contributed by atoms with Gasteiger partial charge in [0.25, 0.3) is 15.9 Å². The van der Waals surface area contributed by atoms with Crippen LogP contribution in [0.15, 0.2) is 88.2 Å². The van der Waals surface area contributed by atoms with Gasteiger partial charge in [0, 0.05) is 12.1 Å². The van der Waals surface area contributed by atoms with Crippen LogP contribution in [-0.2, 0) is 16.4 Å². The van der Waals surface area contributed by atoms with Crippen molar-refractivity contribution in [1.82, 2.24) is 10.2 Å². The third-order valence-corrected chi connectivity index (χ3v) is 7.12. The summed E-state index contributed by atoms with van der Waals surface area (Å²) in [4.78, 5) is 12.7. The molecule has 0 atom stereocenters. The largest absolute Gasteiger partial charge is 0.407 e. The maximum Gasteiger partial charge on any atom is 0.322 e. The Labute approximate surface area is 198 Å². The highest BCUT2D eigenvalue weighted by atomic mass is 32.2.